The van der Waals surface area contributed by atoms with Crippen LogP contribution in [0.3, 0.4) is 0 Å². The lowest BCUT2D eigenvalue weighted by molar-refractivity contribution is -0.134. The topological polar surface area (TPSA) is 43.8 Å². The lowest BCUT2D eigenvalue weighted by Gasteiger charge is -2.31. The first-order chi connectivity index (χ1) is 10.6. The Balaban J connectivity index is 1.68. The number of benzene rings is 1. The number of carbonyl (C=O) groups excluding carboxylic acids is 1. The Hall–Kier alpha value is -1.39. The Kier molecular flexibility index (Phi) is 6.40. The van der Waals surface area contributed by atoms with Crippen LogP contribution in [0.15, 0.2) is 24.3 Å². The number of nitrogens with zero attached hydrogens (tertiary/aromatic N) is 2. The highest BCUT2D eigenvalue weighted by Gasteiger charge is 2.21. The van der Waals surface area contributed by atoms with Crippen molar-refractivity contribution in [3.63, 3.8) is 0 Å². The number of aliphatic hydroxyl groups excluding tert-OH is 1. The number of hydrogen-bond acceptors (Lipinski definition) is 3. The number of likely N-dealkylation sites (tertiary alicyclic amines) is 1. The number of piperidine rings is 1. The van der Waals surface area contributed by atoms with Crippen LogP contribution in [0.5, 0.6) is 0 Å². The molecule has 0 atom stereocenters. The van der Waals surface area contributed by atoms with Crippen molar-refractivity contribution in [3.05, 3.63) is 35.4 Å². The molecule has 0 bridgehead atoms. The predicted molar refractivity (Wildman–Crippen MR) is 88.8 cm³/mol. The van der Waals surface area contributed by atoms with Gasteiger partial charge in [-0.25, -0.2) is 0 Å². The molecule has 1 aromatic rings. The first-order valence-corrected chi connectivity index (χ1v) is 8.25. The smallest absolute Gasteiger partial charge is 0.236 e. The zero-order valence-electron chi connectivity index (χ0n) is 13.8. The molecule has 0 saturated carbocycles. The molecule has 22 heavy (non-hydrogen) atoms. The first-order valence-electron chi connectivity index (χ1n) is 8.25. The maximum absolute atomic E-state index is 12.2. The van der Waals surface area contributed by atoms with Gasteiger partial charge in [0.15, 0.2) is 0 Å². The second-order valence-electron chi connectivity index (χ2n) is 6.38. The zero-order chi connectivity index (χ0) is 15.9. The van der Waals surface area contributed by atoms with Crippen molar-refractivity contribution in [2.45, 2.75) is 38.7 Å². The van der Waals surface area contributed by atoms with Crippen LogP contribution in [0.25, 0.3) is 0 Å². The summed E-state index contributed by atoms with van der Waals surface area (Å²) in [6, 6.07) is 8.48. The van der Waals surface area contributed by atoms with Crippen molar-refractivity contribution >= 4 is 5.91 Å². The van der Waals surface area contributed by atoms with Crippen LogP contribution in [0.4, 0.5) is 0 Å². The van der Waals surface area contributed by atoms with Crippen LogP contribution in [0.2, 0.25) is 0 Å². The van der Waals surface area contributed by atoms with Gasteiger partial charge in [0.2, 0.25) is 5.91 Å². The third-order valence-corrected chi connectivity index (χ3v) is 4.47. The Morgan fingerprint density at radius 1 is 1.32 bits per heavy atom. The van der Waals surface area contributed by atoms with Crippen LogP contribution < -0.4 is 0 Å². The summed E-state index contributed by atoms with van der Waals surface area (Å²) in [7, 11) is 2.01. The van der Waals surface area contributed by atoms with Crippen molar-refractivity contribution in [3.8, 4) is 0 Å². The minimum absolute atomic E-state index is 0.185. The summed E-state index contributed by atoms with van der Waals surface area (Å²) in [6.45, 7) is 4.93. The van der Waals surface area contributed by atoms with Gasteiger partial charge in [0.05, 0.1) is 12.6 Å². The highest BCUT2D eigenvalue weighted by atomic mass is 16.3. The van der Waals surface area contributed by atoms with Gasteiger partial charge >= 0.3 is 0 Å². The number of aliphatic hydroxyl groups is 1. The van der Waals surface area contributed by atoms with Crippen molar-refractivity contribution < 1.29 is 9.90 Å². The van der Waals surface area contributed by atoms with E-state index in [0.717, 1.165) is 19.4 Å². The molecule has 1 aromatic carbocycles. The molecule has 1 N–H and O–H groups in total. The molecule has 0 aliphatic carbocycles. The SMILES string of the molecule is Cc1ccccc1CCCN(C)CC(=O)N1CCC(O)CC1. The molecular weight excluding hydrogens is 276 g/mol. The molecule has 4 nitrogen and oxygen atoms in total. The van der Waals surface area contributed by atoms with Crippen molar-refractivity contribution in [2.75, 3.05) is 33.2 Å². The van der Waals surface area contributed by atoms with Gasteiger partial charge in [-0.3, -0.25) is 9.69 Å². The van der Waals surface area contributed by atoms with E-state index in [0.29, 0.717) is 32.5 Å². The Bertz CT molecular complexity index is 482. The summed E-state index contributed by atoms with van der Waals surface area (Å²) in [5, 5.41) is 9.49. The molecule has 0 spiro atoms. The van der Waals surface area contributed by atoms with Crippen LogP contribution >= 0.6 is 0 Å². The lowest BCUT2D eigenvalue weighted by atomic mass is 10.0. The highest BCUT2D eigenvalue weighted by molar-refractivity contribution is 5.78. The van der Waals surface area contributed by atoms with Gasteiger partial charge in [0.25, 0.3) is 0 Å². The number of carbonyl (C=O) groups is 1. The van der Waals surface area contributed by atoms with E-state index in [1.54, 1.807) is 0 Å². The van der Waals surface area contributed by atoms with Gasteiger partial charge in [0, 0.05) is 13.1 Å². The fraction of sp³-hybridized carbons (Fsp3) is 0.611. The van der Waals surface area contributed by atoms with E-state index in [1.165, 1.54) is 11.1 Å². The summed E-state index contributed by atoms with van der Waals surface area (Å²) in [6.07, 6.45) is 3.32. The van der Waals surface area contributed by atoms with Gasteiger partial charge in [-0.05, 0) is 57.3 Å². The van der Waals surface area contributed by atoms with Gasteiger partial charge in [-0.15, -0.1) is 0 Å². The lowest BCUT2D eigenvalue weighted by Crippen LogP contribution is -2.44. The van der Waals surface area contributed by atoms with E-state index >= 15 is 0 Å². The van der Waals surface area contributed by atoms with Crippen molar-refractivity contribution in [1.29, 1.82) is 0 Å². The molecule has 1 fully saturated rings. The summed E-state index contributed by atoms with van der Waals surface area (Å²) >= 11 is 0. The van der Waals surface area contributed by atoms with Crippen molar-refractivity contribution in [2.24, 2.45) is 0 Å². The number of likely N-dealkylation sites (N-methyl/N-ethyl adjacent to an activating group) is 1. The molecule has 4 heteroatoms. The Morgan fingerprint density at radius 2 is 2.00 bits per heavy atom. The Morgan fingerprint density at radius 3 is 2.68 bits per heavy atom. The first kappa shape index (κ1) is 17.0. The largest absolute Gasteiger partial charge is 0.393 e. The summed E-state index contributed by atoms with van der Waals surface area (Å²) < 4.78 is 0. The minimum atomic E-state index is -0.226. The maximum Gasteiger partial charge on any atom is 0.236 e. The molecule has 2 rings (SSSR count). The minimum Gasteiger partial charge on any atom is -0.393 e. The van der Waals surface area contributed by atoms with E-state index in [4.69, 9.17) is 0 Å². The van der Waals surface area contributed by atoms with Gasteiger partial charge < -0.3 is 10.0 Å². The highest BCUT2D eigenvalue weighted by Crippen LogP contribution is 2.11. The molecule has 0 unspecified atom stereocenters. The van der Waals surface area contributed by atoms with E-state index in [9.17, 15) is 9.90 Å². The van der Waals surface area contributed by atoms with Gasteiger partial charge in [-0.1, -0.05) is 24.3 Å². The van der Waals surface area contributed by atoms with E-state index in [-0.39, 0.29) is 12.0 Å². The average Bonchev–Trinajstić information content (AvgIpc) is 2.50. The predicted octanol–water partition coefficient (Wildman–Crippen LogP) is 1.84. The van der Waals surface area contributed by atoms with E-state index in [1.807, 2.05) is 11.9 Å². The third-order valence-electron chi connectivity index (χ3n) is 4.47. The van der Waals surface area contributed by atoms with Crippen LogP contribution in [0.1, 0.15) is 30.4 Å². The van der Waals surface area contributed by atoms with Gasteiger partial charge in [-0.2, -0.15) is 0 Å². The summed E-state index contributed by atoms with van der Waals surface area (Å²) in [5.41, 5.74) is 2.74. The zero-order valence-corrected chi connectivity index (χ0v) is 13.8. The maximum atomic E-state index is 12.2. The second kappa shape index (κ2) is 8.30. The molecule has 0 radical (unpaired) electrons. The average molecular weight is 304 g/mol. The molecule has 0 aromatic heterocycles. The standard InChI is InChI=1S/C18H28N2O2/c1-15-6-3-4-7-16(15)8-5-11-19(2)14-18(22)20-12-9-17(21)10-13-20/h3-4,6-7,17,21H,5,8-14H2,1-2H3. The second-order valence-corrected chi connectivity index (χ2v) is 6.38. The monoisotopic (exact) mass is 304 g/mol. The van der Waals surface area contributed by atoms with E-state index in [2.05, 4.69) is 36.1 Å². The number of amides is 1. The van der Waals surface area contributed by atoms with Crippen LogP contribution in [0, 0.1) is 6.92 Å². The number of rotatable bonds is 6. The Labute approximate surface area is 133 Å². The van der Waals surface area contributed by atoms with Crippen LogP contribution in [-0.4, -0.2) is 60.1 Å². The number of hydrogen-bond donors (Lipinski definition) is 1. The molecule has 1 aliphatic heterocycles. The van der Waals surface area contributed by atoms with Crippen molar-refractivity contribution in [1.82, 2.24) is 9.80 Å². The third kappa shape index (κ3) is 5.11. The van der Waals surface area contributed by atoms with E-state index < -0.39 is 0 Å². The summed E-state index contributed by atoms with van der Waals surface area (Å²) in [4.78, 5) is 16.2. The summed E-state index contributed by atoms with van der Waals surface area (Å²) in [5.74, 6) is 0.185. The fourth-order valence-electron chi connectivity index (χ4n) is 2.96. The van der Waals surface area contributed by atoms with Crippen LogP contribution in [-0.2, 0) is 11.2 Å². The van der Waals surface area contributed by atoms with Gasteiger partial charge in [0.1, 0.15) is 0 Å². The molecule has 1 amide bonds. The quantitative estimate of drug-likeness (QED) is 0.872. The molecular formula is C18H28N2O2. The molecule has 1 saturated heterocycles. The molecule has 1 aliphatic rings. The fourth-order valence-corrected chi connectivity index (χ4v) is 2.96. The molecule has 122 valence electrons. The molecule has 1 heterocycles. The normalized spacial score (nSPS) is 16.3. The number of aryl methyl sites for hydroxylation is 2.